The molecule has 0 radical (unpaired) electrons. The Balaban J connectivity index is 1.77. The van der Waals surface area contributed by atoms with Crippen LogP contribution in [0.5, 0.6) is 0 Å². The summed E-state index contributed by atoms with van der Waals surface area (Å²) in [5.74, 6) is 2.99. The van der Waals surface area contributed by atoms with Gasteiger partial charge in [-0.25, -0.2) is 18.4 Å². The summed E-state index contributed by atoms with van der Waals surface area (Å²) in [4.78, 5) is 14.9. The van der Waals surface area contributed by atoms with Crippen molar-refractivity contribution in [1.82, 2.24) is 14.3 Å². The second-order valence-corrected chi connectivity index (χ2v) is 11.5. The number of sulfonamides is 1. The van der Waals surface area contributed by atoms with Crippen molar-refractivity contribution in [3.8, 4) is 0 Å². The van der Waals surface area contributed by atoms with Crippen molar-refractivity contribution < 1.29 is 8.42 Å². The average Bonchev–Trinajstić information content (AvgIpc) is 3.03. The Morgan fingerprint density at radius 1 is 1.21 bits per heavy atom. The van der Waals surface area contributed by atoms with Gasteiger partial charge < -0.3 is 4.90 Å². The number of piperazine rings is 1. The molecule has 1 fully saturated rings. The monoisotopic (exact) mass is 422 g/mol. The Morgan fingerprint density at radius 3 is 2.57 bits per heavy atom. The van der Waals surface area contributed by atoms with Crippen LogP contribution in [0, 0.1) is 5.92 Å². The van der Waals surface area contributed by atoms with Crippen LogP contribution in [-0.4, -0.2) is 55.1 Å². The van der Waals surface area contributed by atoms with Crippen molar-refractivity contribution in [3.63, 3.8) is 0 Å². The summed E-state index contributed by atoms with van der Waals surface area (Å²) in [5, 5.41) is 1.23. The van der Waals surface area contributed by atoms with Crippen molar-refractivity contribution in [1.29, 1.82) is 0 Å². The smallest absolute Gasteiger partial charge is 0.211 e. The number of anilines is 1. The summed E-state index contributed by atoms with van der Waals surface area (Å²) in [6, 6.07) is 0. The van der Waals surface area contributed by atoms with Gasteiger partial charge in [-0.15, -0.1) is 11.3 Å². The van der Waals surface area contributed by atoms with Crippen molar-refractivity contribution in [2.24, 2.45) is 5.92 Å². The number of fused-ring (bicyclic) bond motifs is 3. The van der Waals surface area contributed by atoms with Gasteiger partial charge in [0.05, 0.1) is 11.6 Å². The molecule has 1 saturated heterocycles. The third kappa shape index (κ3) is 3.66. The van der Waals surface area contributed by atoms with Crippen molar-refractivity contribution in [2.75, 3.05) is 37.3 Å². The first-order chi connectivity index (χ1) is 13.3. The topological polar surface area (TPSA) is 66.4 Å². The number of aromatic nitrogens is 2. The van der Waals surface area contributed by atoms with Gasteiger partial charge in [0.25, 0.3) is 0 Å². The first-order valence-electron chi connectivity index (χ1n) is 10.3. The fourth-order valence-corrected chi connectivity index (χ4v) is 6.41. The molecule has 0 spiro atoms. The second-order valence-electron chi connectivity index (χ2n) is 8.40. The number of thiophene rings is 1. The molecule has 2 aromatic heterocycles. The van der Waals surface area contributed by atoms with Crippen LogP contribution in [-0.2, 0) is 22.9 Å². The number of nitrogens with zero attached hydrogens (tertiary/aromatic N) is 4. The van der Waals surface area contributed by atoms with Gasteiger partial charge in [-0.3, -0.25) is 0 Å². The molecule has 1 aliphatic heterocycles. The lowest BCUT2D eigenvalue weighted by atomic mass is 9.89. The highest BCUT2D eigenvalue weighted by molar-refractivity contribution is 7.88. The molecule has 0 N–H and O–H groups in total. The molecule has 6 nitrogen and oxygen atoms in total. The molecule has 0 saturated carbocycles. The number of rotatable bonds is 4. The highest BCUT2D eigenvalue weighted by Gasteiger charge is 2.29. The molecule has 154 valence electrons. The summed E-state index contributed by atoms with van der Waals surface area (Å²) in [5.41, 5.74) is 1.44. The lowest BCUT2D eigenvalue weighted by Gasteiger charge is -2.34. The third-order valence-electron chi connectivity index (χ3n) is 6.21. The van der Waals surface area contributed by atoms with Crippen molar-refractivity contribution in [3.05, 3.63) is 16.3 Å². The fourth-order valence-electron chi connectivity index (χ4n) is 4.20. The maximum absolute atomic E-state index is 11.9. The van der Waals surface area contributed by atoms with Crippen LogP contribution < -0.4 is 4.90 Å². The highest BCUT2D eigenvalue weighted by atomic mass is 32.2. The zero-order chi connectivity index (χ0) is 20.1. The lowest BCUT2D eigenvalue weighted by molar-refractivity contribution is 0.387. The van der Waals surface area contributed by atoms with Gasteiger partial charge in [-0.2, -0.15) is 4.31 Å². The van der Waals surface area contributed by atoms with E-state index in [4.69, 9.17) is 9.97 Å². The maximum atomic E-state index is 11.9. The van der Waals surface area contributed by atoms with Crippen LogP contribution in [0.2, 0.25) is 0 Å². The maximum Gasteiger partial charge on any atom is 0.211 e. The van der Waals surface area contributed by atoms with E-state index in [1.807, 2.05) is 11.3 Å². The molecule has 2 atom stereocenters. The molecule has 2 aliphatic rings. The number of aryl methyl sites for hydroxylation is 1. The number of hydrogen-bond donors (Lipinski definition) is 0. The van der Waals surface area contributed by atoms with E-state index in [-0.39, 0.29) is 0 Å². The van der Waals surface area contributed by atoms with E-state index < -0.39 is 10.0 Å². The highest BCUT2D eigenvalue weighted by Crippen LogP contribution is 2.41. The van der Waals surface area contributed by atoms with Crippen molar-refractivity contribution in [2.45, 2.75) is 52.4 Å². The Morgan fingerprint density at radius 2 is 1.93 bits per heavy atom. The van der Waals surface area contributed by atoms with Gasteiger partial charge in [-0.1, -0.05) is 20.8 Å². The second kappa shape index (κ2) is 7.54. The van der Waals surface area contributed by atoms with Crippen LogP contribution in [0.3, 0.4) is 0 Å². The minimum atomic E-state index is -3.13. The standard InChI is InChI=1S/C20H30N4O2S2/c1-5-14(3)18-21-19(23-8-10-24(11-9-23)28(4,25)26)17-15-7-6-13(2)12-16(15)27-20(17)22-18/h13-14H,5-12H2,1-4H3/t13-,14-/m1/s1. The largest absolute Gasteiger partial charge is 0.353 e. The molecule has 0 aromatic carbocycles. The van der Waals surface area contributed by atoms with Gasteiger partial charge in [0.15, 0.2) is 0 Å². The molecule has 0 bridgehead atoms. The van der Waals surface area contributed by atoms with Gasteiger partial charge in [0.2, 0.25) is 10.0 Å². The van der Waals surface area contributed by atoms with Crippen LogP contribution >= 0.6 is 11.3 Å². The number of hydrogen-bond acceptors (Lipinski definition) is 6. The van der Waals surface area contributed by atoms with E-state index in [0.717, 1.165) is 41.7 Å². The molecular weight excluding hydrogens is 392 g/mol. The summed E-state index contributed by atoms with van der Waals surface area (Å²) in [6.45, 7) is 9.08. The van der Waals surface area contributed by atoms with Gasteiger partial charge in [0.1, 0.15) is 16.5 Å². The van der Waals surface area contributed by atoms with E-state index >= 15 is 0 Å². The molecule has 4 rings (SSSR count). The van der Waals surface area contributed by atoms with E-state index in [1.54, 1.807) is 4.31 Å². The normalized spacial score (nSPS) is 22.4. The average molecular weight is 423 g/mol. The Bertz CT molecular complexity index is 978. The molecule has 2 aromatic rings. The van der Waals surface area contributed by atoms with Crippen LogP contribution in [0.15, 0.2) is 0 Å². The molecule has 28 heavy (non-hydrogen) atoms. The van der Waals surface area contributed by atoms with E-state index in [2.05, 4.69) is 25.7 Å². The van der Waals surface area contributed by atoms with Gasteiger partial charge in [0, 0.05) is 37.0 Å². The Kier molecular flexibility index (Phi) is 5.39. The first-order valence-corrected chi connectivity index (χ1v) is 13.0. The zero-order valence-electron chi connectivity index (χ0n) is 17.2. The summed E-state index contributed by atoms with van der Waals surface area (Å²) in [7, 11) is -3.13. The lowest BCUT2D eigenvalue weighted by Crippen LogP contribution is -2.48. The van der Waals surface area contributed by atoms with Gasteiger partial charge in [-0.05, 0) is 37.2 Å². The Labute approximate surface area is 172 Å². The molecule has 3 heterocycles. The molecule has 0 amide bonds. The zero-order valence-corrected chi connectivity index (χ0v) is 18.9. The fraction of sp³-hybridized carbons (Fsp3) is 0.700. The van der Waals surface area contributed by atoms with E-state index in [0.29, 0.717) is 32.1 Å². The molecule has 0 unspecified atom stereocenters. The minimum absolute atomic E-state index is 0.318. The van der Waals surface area contributed by atoms with E-state index in [9.17, 15) is 8.42 Å². The molecule has 8 heteroatoms. The van der Waals surface area contributed by atoms with Crippen LogP contribution in [0.4, 0.5) is 5.82 Å². The predicted molar refractivity (Wildman–Crippen MR) is 116 cm³/mol. The molecular formula is C20H30N4O2S2. The van der Waals surface area contributed by atoms with Gasteiger partial charge >= 0.3 is 0 Å². The minimum Gasteiger partial charge on any atom is -0.353 e. The van der Waals surface area contributed by atoms with E-state index in [1.165, 1.54) is 28.5 Å². The summed E-state index contributed by atoms with van der Waals surface area (Å²) < 4.78 is 25.3. The quantitative estimate of drug-likeness (QED) is 0.755. The summed E-state index contributed by atoms with van der Waals surface area (Å²) in [6.07, 6.45) is 5.75. The predicted octanol–water partition coefficient (Wildman–Crippen LogP) is 3.41. The first kappa shape index (κ1) is 20.0. The Hall–Kier alpha value is -1.25. The molecule has 1 aliphatic carbocycles. The van der Waals surface area contributed by atoms with Crippen molar-refractivity contribution >= 4 is 37.4 Å². The summed E-state index contributed by atoms with van der Waals surface area (Å²) >= 11 is 1.84. The van der Waals surface area contributed by atoms with Crippen LogP contribution in [0.1, 0.15) is 55.8 Å². The van der Waals surface area contributed by atoms with Crippen LogP contribution in [0.25, 0.3) is 10.2 Å². The third-order valence-corrected chi connectivity index (χ3v) is 8.66. The SMILES string of the molecule is CC[C@@H](C)c1nc(N2CCN(S(C)(=O)=O)CC2)c2c3c(sc2n1)C[C@H](C)CC3.